The monoisotopic (exact) mass is 383 g/mol. The van der Waals surface area contributed by atoms with E-state index >= 15 is 0 Å². The summed E-state index contributed by atoms with van der Waals surface area (Å²) in [6.45, 7) is 8.38. The van der Waals surface area contributed by atoms with E-state index < -0.39 is 0 Å². The van der Waals surface area contributed by atoms with Gasteiger partial charge in [-0.3, -0.25) is 4.90 Å². The van der Waals surface area contributed by atoms with E-state index in [1.54, 1.807) is 12.1 Å². The van der Waals surface area contributed by atoms with E-state index in [9.17, 15) is 4.79 Å². The Hall–Kier alpha value is -2.04. The van der Waals surface area contributed by atoms with Crippen LogP contribution in [0.25, 0.3) is 0 Å². The number of urea groups is 1. The molecule has 0 aromatic heterocycles. The number of nitrogens with one attached hydrogen (secondary N) is 1. The van der Waals surface area contributed by atoms with Crippen LogP contribution in [0.3, 0.4) is 0 Å². The maximum Gasteiger partial charge on any atom is 0.326 e. The van der Waals surface area contributed by atoms with Gasteiger partial charge in [-0.2, -0.15) is 0 Å². The predicted molar refractivity (Wildman–Crippen MR) is 112 cm³/mol. The summed E-state index contributed by atoms with van der Waals surface area (Å²) in [6.07, 6.45) is 2.20. The Morgan fingerprint density at radius 1 is 1.15 bits per heavy atom. The Kier molecular flexibility index (Phi) is 4.87. The van der Waals surface area contributed by atoms with Crippen molar-refractivity contribution in [3.8, 4) is 0 Å². The number of likely N-dealkylation sites (tertiary alicyclic amines) is 1. The van der Waals surface area contributed by atoms with Crippen LogP contribution in [-0.4, -0.2) is 37.1 Å². The van der Waals surface area contributed by atoms with E-state index in [0.717, 1.165) is 50.4 Å². The van der Waals surface area contributed by atoms with E-state index in [1.807, 2.05) is 17.0 Å². The molecule has 2 amide bonds. The van der Waals surface area contributed by atoms with Gasteiger partial charge in [-0.1, -0.05) is 36.2 Å². The highest BCUT2D eigenvalue weighted by Crippen LogP contribution is 2.47. The zero-order valence-corrected chi connectivity index (χ0v) is 16.7. The largest absolute Gasteiger partial charge is 0.326 e. The van der Waals surface area contributed by atoms with Gasteiger partial charge in [0, 0.05) is 28.4 Å². The number of carbonyl (C=O) groups excluding carboxylic acids is 1. The topological polar surface area (TPSA) is 35.6 Å². The molecule has 0 atom stereocenters. The maximum atomic E-state index is 13.1. The lowest BCUT2D eigenvalue weighted by atomic mass is 9.74. The van der Waals surface area contributed by atoms with E-state index in [0.29, 0.717) is 5.02 Å². The van der Waals surface area contributed by atoms with Crippen molar-refractivity contribution in [3.63, 3.8) is 0 Å². The average molecular weight is 384 g/mol. The molecule has 2 aromatic rings. The molecule has 2 aliphatic heterocycles. The number of fused-ring (bicyclic) bond motifs is 2. The molecule has 4 rings (SSSR count). The predicted octanol–water partition coefficient (Wildman–Crippen LogP) is 5.05. The van der Waals surface area contributed by atoms with Crippen molar-refractivity contribution in [1.82, 2.24) is 4.90 Å². The summed E-state index contributed by atoms with van der Waals surface area (Å²) in [5, 5.41) is 3.69. The molecule has 2 aromatic carbocycles. The lowest BCUT2D eigenvalue weighted by molar-refractivity contribution is 0.173. The molecular weight excluding hydrogens is 358 g/mol. The standard InChI is InChI=1S/C22H26ClN3O/c1-3-25-12-10-22(11-13-25)15-26(20-9-4-16(2)14-19(20)22)21(27)24-18-7-5-17(23)6-8-18/h4-9,14H,3,10-13,15H2,1-2H3,(H,24,27). The van der Waals surface area contributed by atoms with Gasteiger partial charge < -0.3 is 10.2 Å². The Bertz CT molecular complexity index is 841. The lowest BCUT2D eigenvalue weighted by Crippen LogP contribution is -2.46. The van der Waals surface area contributed by atoms with Crippen molar-refractivity contribution >= 4 is 29.0 Å². The average Bonchev–Trinajstić information content (AvgIpc) is 2.98. The van der Waals surface area contributed by atoms with Gasteiger partial charge >= 0.3 is 6.03 Å². The number of benzene rings is 2. The van der Waals surface area contributed by atoms with Crippen LogP contribution in [0.1, 0.15) is 30.9 Å². The summed E-state index contributed by atoms with van der Waals surface area (Å²) >= 11 is 5.95. The summed E-state index contributed by atoms with van der Waals surface area (Å²) in [6, 6.07) is 13.7. The van der Waals surface area contributed by atoms with Crippen LogP contribution in [0.15, 0.2) is 42.5 Å². The van der Waals surface area contributed by atoms with E-state index in [1.165, 1.54) is 11.1 Å². The van der Waals surface area contributed by atoms with Gasteiger partial charge in [0.15, 0.2) is 0 Å². The van der Waals surface area contributed by atoms with Gasteiger partial charge in [-0.25, -0.2) is 4.79 Å². The molecule has 1 fully saturated rings. The van der Waals surface area contributed by atoms with Gasteiger partial charge in [0.25, 0.3) is 0 Å². The summed E-state index contributed by atoms with van der Waals surface area (Å²) in [5.74, 6) is 0. The van der Waals surface area contributed by atoms with Crippen molar-refractivity contribution in [2.45, 2.75) is 32.1 Å². The van der Waals surface area contributed by atoms with Gasteiger partial charge in [-0.05, 0) is 75.3 Å². The molecule has 0 radical (unpaired) electrons. The minimum absolute atomic E-state index is 0.0720. The lowest BCUT2D eigenvalue weighted by Gasteiger charge is -2.39. The third-order valence-corrected chi connectivity index (χ3v) is 6.33. The molecule has 0 unspecified atom stereocenters. The first kappa shape index (κ1) is 18.3. The molecule has 5 heteroatoms. The fourth-order valence-electron chi connectivity index (χ4n) is 4.41. The molecule has 4 nitrogen and oxygen atoms in total. The van der Waals surface area contributed by atoms with Crippen LogP contribution >= 0.6 is 11.6 Å². The summed E-state index contributed by atoms with van der Waals surface area (Å²) in [4.78, 5) is 17.5. The smallest absolute Gasteiger partial charge is 0.308 e. The fraction of sp³-hybridized carbons (Fsp3) is 0.409. The fourth-order valence-corrected chi connectivity index (χ4v) is 4.54. The number of anilines is 2. The van der Waals surface area contributed by atoms with E-state index in [4.69, 9.17) is 11.6 Å². The zero-order valence-electron chi connectivity index (χ0n) is 16.0. The van der Waals surface area contributed by atoms with Gasteiger partial charge in [-0.15, -0.1) is 0 Å². The Morgan fingerprint density at radius 3 is 2.52 bits per heavy atom. The number of halogens is 1. The second-order valence-corrected chi connectivity index (χ2v) is 8.19. The Labute approximate surface area is 166 Å². The number of rotatable bonds is 2. The number of carbonyl (C=O) groups is 1. The first-order valence-corrected chi connectivity index (χ1v) is 10.1. The van der Waals surface area contributed by atoms with Crippen LogP contribution in [0.5, 0.6) is 0 Å². The molecular formula is C22H26ClN3O. The number of aryl methyl sites for hydroxylation is 1. The summed E-state index contributed by atoms with van der Waals surface area (Å²) < 4.78 is 0. The molecule has 27 heavy (non-hydrogen) atoms. The molecule has 0 saturated carbocycles. The molecule has 1 saturated heterocycles. The van der Waals surface area contributed by atoms with Gasteiger partial charge in [0.2, 0.25) is 0 Å². The first-order chi connectivity index (χ1) is 13.0. The second kappa shape index (κ2) is 7.17. The highest BCUT2D eigenvalue weighted by atomic mass is 35.5. The van der Waals surface area contributed by atoms with Gasteiger partial charge in [0.05, 0.1) is 0 Å². The molecule has 0 bridgehead atoms. The van der Waals surface area contributed by atoms with Crippen molar-refractivity contribution in [3.05, 3.63) is 58.6 Å². The summed E-state index contributed by atoms with van der Waals surface area (Å²) in [5.41, 5.74) is 4.48. The first-order valence-electron chi connectivity index (χ1n) is 9.68. The molecule has 1 spiro atoms. The molecule has 2 heterocycles. The normalized spacial score (nSPS) is 18.6. The number of piperidine rings is 1. The molecule has 0 aliphatic carbocycles. The van der Waals surface area contributed by atoms with Crippen LogP contribution in [0, 0.1) is 6.92 Å². The SMILES string of the molecule is CCN1CCC2(CC1)CN(C(=O)Nc1ccc(Cl)cc1)c1ccc(C)cc12. The molecule has 2 aliphatic rings. The van der Waals surface area contributed by atoms with Crippen molar-refractivity contribution < 1.29 is 4.79 Å². The van der Waals surface area contributed by atoms with Crippen LogP contribution in [0.4, 0.5) is 16.2 Å². The van der Waals surface area contributed by atoms with Crippen molar-refractivity contribution in [1.29, 1.82) is 0 Å². The van der Waals surface area contributed by atoms with E-state index in [-0.39, 0.29) is 11.4 Å². The number of nitrogens with zero attached hydrogens (tertiary/aromatic N) is 2. The van der Waals surface area contributed by atoms with Crippen LogP contribution in [0.2, 0.25) is 5.02 Å². The van der Waals surface area contributed by atoms with Crippen molar-refractivity contribution in [2.75, 3.05) is 36.4 Å². The summed E-state index contributed by atoms with van der Waals surface area (Å²) in [7, 11) is 0. The molecule has 142 valence electrons. The molecule has 1 N–H and O–H groups in total. The van der Waals surface area contributed by atoms with Gasteiger partial charge in [0.1, 0.15) is 0 Å². The minimum Gasteiger partial charge on any atom is -0.308 e. The minimum atomic E-state index is -0.0720. The number of amides is 2. The maximum absolute atomic E-state index is 13.1. The van der Waals surface area contributed by atoms with E-state index in [2.05, 4.69) is 42.3 Å². The third kappa shape index (κ3) is 3.44. The number of hydrogen-bond acceptors (Lipinski definition) is 2. The zero-order chi connectivity index (χ0) is 19.0. The second-order valence-electron chi connectivity index (χ2n) is 7.76. The Morgan fingerprint density at radius 2 is 1.85 bits per heavy atom. The van der Waals surface area contributed by atoms with Crippen molar-refractivity contribution in [2.24, 2.45) is 0 Å². The highest BCUT2D eigenvalue weighted by molar-refractivity contribution is 6.30. The third-order valence-electron chi connectivity index (χ3n) is 6.08. The van der Waals surface area contributed by atoms with Crippen LogP contribution < -0.4 is 10.2 Å². The van der Waals surface area contributed by atoms with Crippen LogP contribution in [-0.2, 0) is 5.41 Å². The quantitative estimate of drug-likeness (QED) is 0.787. The number of hydrogen-bond donors (Lipinski definition) is 1. The Balaban J connectivity index is 1.61. The highest BCUT2D eigenvalue weighted by Gasteiger charge is 2.46.